The van der Waals surface area contributed by atoms with Crippen LogP contribution in [0.4, 0.5) is 0 Å². The van der Waals surface area contributed by atoms with Crippen molar-refractivity contribution in [1.82, 2.24) is 4.98 Å². The maximum Gasteiger partial charge on any atom is 0.122 e. The van der Waals surface area contributed by atoms with Crippen LogP contribution < -0.4 is 5.73 Å². The molecule has 62 valence electrons. The van der Waals surface area contributed by atoms with Gasteiger partial charge in [0.15, 0.2) is 0 Å². The van der Waals surface area contributed by atoms with E-state index in [1.165, 1.54) is 0 Å². The van der Waals surface area contributed by atoms with E-state index >= 15 is 0 Å². The average Bonchev–Trinajstić information content (AvgIpc) is 2.50. The molecule has 0 aliphatic rings. The fourth-order valence-corrected chi connectivity index (χ4v) is 1.57. The van der Waals surface area contributed by atoms with Gasteiger partial charge in [-0.2, -0.15) is 0 Å². The summed E-state index contributed by atoms with van der Waals surface area (Å²) in [6.07, 6.45) is 0.0836. The van der Waals surface area contributed by atoms with Crippen molar-refractivity contribution in [2.24, 2.45) is 5.73 Å². The highest BCUT2D eigenvalue weighted by Gasteiger charge is 2.07. The molecule has 1 aromatic rings. The van der Waals surface area contributed by atoms with E-state index in [1.807, 2.05) is 12.3 Å². The van der Waals surface area contributed by atoms with Crippen LogP contribution in [0.1, 0.15) is 23.7 Å². The lowest BCUT2D eigenvalue weighted by Crippen LogP contribution is -1.99. The Morgan fingerprint density at radius 3 is 3.00 bits per heavy atom. The molecule has 0 aromatic carbocycles. The topological polar surface area (TPSA) is 48.1 Å². The molecule has 1 heterocycles. The Hall–Kier alpha value is -0.450. The van der Waals surface area contributed by atoms with Crippen LogP contribution >= 0.6 is 11.3 Å². The van der Waals surface area contributed by atoms with Gasteiger partial charge in [0, 0.05) is 19.0 Å². The minimum Gasteiger partial charge on any atom is -0.375 e. The Balaban J connectivity index is 2.71. The van der Waals surface area contributed by atoms with Gasteiger partial charge in [-0.15, -0.1) is 11.3 Å². The van der Waals surface area contributed by atoms with Gasteiger partial charge in [-0.1, -0.05) is 0 Å². The summed E-state index contributed by atoms with van der Waals surface area (Å²) in [5, 5.41) is 2.96. The highest BCUT2D eigenvalue weighted by molar-refractivity contribution is 7.09. The summed E-state index contributed by atoms with van der Waals surface area (Å²) in [5.74, 6) is 0. The molecule has 4 heteroatoms. The number of nitrogens with two attached hydrogens (primary N) is 1. The zero-order valence-corrected chi connectivity index (χ0v) is 7.52. The second kappa shape index (κ2) is 3.80. The summed E-state index contributed by atoms with van der Waals surface area (Å²) >= 11 is 1.59. The normalized spacial score (nSPS) is 13.4. The number of nitrogens with zero attached hydrogens (tertiary/aromatic N) is 1. The number of rotatable bonds is 3. The van der Waals surface area contributed by atoms with Crippen LogP contribution in [-0.2, 0) is 11.3 Å². The molecule has 1 rings (SSSR count). The molecular weight excluding hydrogens is 160 g/mol. The molecule has 1 unspecified atom stereocenters. The van der Waals surface area contributed by atoms with Crippen molar-refractivity contribution in [1.29, 1.82) is 0 Å². The number of aromatic nitrogens is 1. The van der Waals surface area contributed by atoms with Gasteiger partial charge >= 0.3 is 0 Å². The Kier molecular flexibility index (Phi) is 2.99. The van der Waals surface area contributed by atoms with E-state index in [-0.39, 0.29) is 6.10 Å². The minimum absolute atomic E-state index is 0.0836. The second-order valence-electron chi connectivity index (χ2n) is 2.26. The van der Waals surface area contributed by atoms with Crippen molar-refractivity contribution in [2.75, 3.05) is 7.11 Å². The molecule has 0 spiro atoms. The van der Waals surface area contributed by atoms with Crippen molar-refractivity contribution in [3.05, 3.63) is 16.1 Å². The lowest BCUT2D eigenvalue weighted by Gasteiger charge is -2.03. The molecular formula is C7H12N2OS. The Bertz CT molecular complexity index is 224. The van der Waals surface area contributed by atoms with Crippen molar-refractivity contribution < 1.29 is 4.74 Å². The van der Waals surface area contributed by atoms with Gasteiger partial charge in [0.1, 0.15) is 11.1 Å². The first-order valence-electron chi connectivity index (χ1n) is 3.45. The second-order valence-corrected chi connectivity index (χ2v) is 3.15. The highest BCUT2D eigenvalue weighted by Crippen LogP contribution is 2.19. The highest BCUT2D eigenvalue weighted by atomic mass is 32.1. The molecule has 3 nitrogen and oxygen atoms in total. The van der Waals surface area contributed by atoms with Gasteiger partial charge < -0.3 is 10.5 Å². The number of thiazole rings is 1. The first-order chi connectivity index (χ1) is 5.27. The predicted octanol–water partition coefficient (Wildman–Crippen LogP) is 1.31. The van der Waals surface area contributed by atoms with Gasteiger partial charge in [0.25, 0.3) is 0 Å². The maximum absolute atomic E-state index is 5.41. The number of methoxy groups -OCH3 is 1. The third-order valence-electron chi connectivity index (χ3n) is 1.48. The van der Waals surface area contributed by atoms with Gasteiger partial charge in [-0.05, 0) is 6.92 Å². The van der Waals surface area contributed by atoms with E-state index < -0.39 is 0 Å². The molecule has 0 saturated carbocycles. The van der Waals surface area contributed by atoms with Crippen LogP contribution in [-0.4, -0.2) is 12.1 Å². The number of ether oxygens (including phenoxy) is 1. The standard InChI is InChI=1S/C7H12N2OS/c1-5(10-2)7-9-6(3-8)4-11-7/h4-5H,3,8H2,1-2H3. The van der Waals surface area contributed by atoms with Crippen molar-refractivity contribution in [3.63, 3.8) is 0 Å². The average molecular weight is 172 g/mol. The van der Waals surface area contributed by atoms with E-state index in [0.717, 1.165) is 10.7 Å². The third kappa shape index (κ3) is 1.99. The van der Waals surface area contributed by atoms with Crippen LogP contribution in [0.25, 0.3) is 0 Å². The van der Waals surface area contributed by atoms with E-state index in [4.69, 9.17) is 10.5 Å². The summed E-state index contributed by atoms with van der Waals surface area (Å²) in [6.45, 7) is 2.48. The van der Waals surface area contributed by atoms with Crippen molar-refractivity contribution >= 4 is 11.3 Å². The Morgan fingerprint density at radius 1 is 1.82 bits per heavy atom. The lowest BCUT2D eigenvalue weighted by atomic mass is 10.4. The molecule has 0 fully saturated rings. The van der Waals surface area contributed by atoms with Gasteiger partial charge in [0.2, 0.25) is 0 Å². The fourth-order valence-electron chi connectivity index (χ4n) is 0.704. The summed E-state index contributed by atoms with van der Waals surface area (Å²) < 4.78 is 5.10. The lowest BCUT2D eigenvalue weighted by molar-refractivity contribution is 0.119. The van der Waals surface area contributed by atoms with Crippen LogP contribution in [0.3, 0.4) is 0 Å². The monoisotopic (exact) mass is 172 g/mol. The van der Waals surface area contributed by atoms with Crippen LogP contribution in [0.5, 0.6) is 0 Å². The first-order valence-corrected chi connectivity index (χ1v) is 4.33. The Morgan fingerprint density at radius 2 is 2.55 bits per heavy atom. The van der Waals surface area contributed by atoms with Crippen molar-refractivity contribution in [3.8, 4) is 0 Å². The van der Waals surface area contributed by atoms with E-state index in [9.17, 15) is 0 Å². The summed E-state index contributed by atoms with van der Waals surface area (Å²) in [6, 6.07) is 0. The molecule has 0 radical (unpaired) electrons. The van der Waals surface area contributed by atoms with E-state index in [1.54, 1.807) is 18.4 Å². The third-order valence-corrected chi connectivity index (χ3v) is 2.53. The molecule has 11 heavy (non-hydrogen) atoms. The summed E-state index contributed by atoms with van der Waals surface area (Å²) in [5.41, 5.74) is 6.35. The maximum atomic E-state index is 5.41. The fraction of sp³-hybridized carbons (Fsp3) is 0.571. The molecule has 0 saturated heterocycles. The number of hydrogen-bond donors (Lipinski definition) is 1. The zero-order valence-electron chi connectivity index (χ0n) is 6.70. The SMILES string of the molecule is COC(C)c1nc(CN)cs1. The van der Waals surface area contributed by atoms with Crippen LogP contribution in [0.15, 0.2) is 5.38 Å². The van der Waals surface area contributed by atoms with Crippen LogP contribution in [0, 0.1) is 0 Å². The molecule has 0 aliphatic carbocycles. The van der Waals surface area contributed by atoms with Gasteiger partial charge in [-0.25, -0.2) is 4.98 Å². The molecule has 0 bridgehead atoms. The first kappa shape index (κ1) is 8.64. The van der Waals surface area contributed by atoms with E-state index in [2.05, 4.69) is 4.98 Å². The molecule has 2 N–H and O–H groups in total. The molecule has 0 amide bonds. The summed E-state index contributed by atoms with van der Waals surface area (Å²) in [7, 11) is 1.67. The minimum atomic E-state index is 0.0836. The largest absolute Gasteiger partial charge is 0.375 e. The van der Waals surface area contributed by atoms with Crippen molar-refractivity contribution in [2.45, 2.75) is 19.6 Å². The molecule has 0 aliphatic heterocycles. The zero-order chi connectivity index (χ0) is 8.27. The smallest absolute Gasteiger partial charge is 0.122 e. The van der Waals surface area contributed by atoms with Crippen LogP contribution in [0.2, 0.25) is 0 Å². The predicted molar refractivity (Wildman–Crippen MR) is 45.4 cm³/mol. The molecule has 1 aromatic heterocycles. The Labute approximate surface area is 70.2 Å². The van der Waals surface area contributed by atoms with Gasteiger partial charge in [-0.3, -0.25) is 0 Å². The quantitative estimate of drug-likeness (QED) is 0.747. The van der Waals surface area contributed by atoms with E-state index in [0.29, 0.717) is 6.54 Å². The van der Waals surface area contributed by atoms with Gasteiger partial charge in [0.05, 0.1) is 5.69 Å². The summed E-state index contributed by atoms with van der Waals surface area (Å²) in [4.78, 5) is 4.27. The molecule has 1 atom stereocenters. The number of hydrogen-bond acceptors (Lipinski definition) is 4.